The third-order valence-electron chi connectivity index (χ3n) is 3.89. The smallest absolute Gasteiger partial charge is 0.298 e. The second kappa shape index (κ2) is 6.87. The number of rotatable bonds is 4. The fraction of sp³-hybridized carbons (Fsp3) is 0. The first-order valence-electron chi connectivity index (χ1n) is 7.59. The maximum atomic E-state index is 12.4. The molecule has 0 saturated heterocycles. The van der Waals surface area contributed by atoms with Crippen molar-refractivity contribution in [3.05, 3.63) is 60.2 Å². The zero-order valence-corrected chi connectivity index (χ0v) is 15.5. The van der Waals surface area contributed by atoms with Crippen LogP contribution < -0.4 is 5.32 Å². The Kier molecular flexibility index (Phi) is 4.85. The molecule has 11 heteroatoms. The van der Waals surface area contributed by atoms with E-state index in [0.29, 0.717) is 0 Å². The normalized spacial score (nSPS) is 12.1. The van der Waals surface area contributed by atoms with E-state index in [1.807, 2.05) is 0 Å². The highest BCUT2D eigenvalue weighted by atomic mass is 32.2. The number of phenols is 1. The van der Waals surface area contributed by atoms with Gasteiger partial charge in [0.2, 0.25) is 0 Å². The number of aromatic hydroxyl groups is 1. The van der Waals surface area contributed by atoms with Gasteiger partial charge in [-0.3, -0.25) is 13.9 Å². The number of benzene rings is 3. The fourth-order valence-corrected chi connectivity index (χ4v) is 3.77. The molecule has 3 aromatic carbocycles. The Balaban J connectivity index is 2.29. The van der Waals surface area contributed by atoms with E-state index in [2.05, 4.69) is 5.32 Å². The molecule has 28 heavy (non-hydrogen) atoms. The zero-order valence-electron chi connectivity index (χ0n) is 13.9. The Labute approximate surface area is 159 Å². The van der Waals surface area contributed by atoms with Gasteiger partial charge in [-0.05, 0) is 35.7 Å². The van der Waals surface area contributed by atoms with Crippen molar-refractivity contribution in [1.82, 2.24) is 0 Å². The third kappa shape index (κ3) is 3.82. The number of phenolic OH excluding ortho intramolecular Hbond substituents is 1. The van der Waals surface area contributed by atoms with Crippen molar-refractivity contribution >= 4 is 42.6 Å². The second-order valence-corrected chi connectivity index (χ2v) is 8.56. The van der Waals surface area contributed by atoms with Crippen molar-refractivity contribution in [3.63, 3.8) is 0 Å². The summed E-state index contributed by atoms with van der Waals surface area (Å²) in [6.07, 6.45) is 0. The molecule has 0 atom stereocenters. The molecule has 0 radical (unpaired) electrons. The van der Waals surface area contributed by atoms with Gasteiger partial charge in [-0.1, -0.05) is 24.3 Å². The molecule has 146 valence electrons. The third-order valence-corrected chi connectivity index (χ3v) is 5.60. The number of fused-ring (bicyclic) bond motifs is 1. The first kappa shape index (κ1) is 19.8. The van der Waals surface area contributed by atoms with Gasteiger partial charge in [0.05, 0.1) is 10.6 Å². The van der Waals surface area contributed by atoms with Crippen LogP contribution >= 0.6 is 0 Å². The van der Waals surface area contributed by atoms with Crippen LogP contribution in [0.15, 0.2) is 64.4 Å². The second-order valence-electron chi connectivity index (χ2n) is 5.75. The topological polar surface area (TPSA) is 158 Å². The van der Waals surface area contributed by atoms with Gasteiger partial charge in [-0.15, -0.1) is 0 Å². The number of amides is 1. The predicted molar refractivity (Wildman–Crippen MR) is 99.6 cm³/mol. The molecule has 1 amide bonds. The Bertz CT molecular complexity index is 1300. The molecule has 9 nitrogen and oxygen atoms in total. The van der Waals surface area contributed by atoms with E-state index in [1.54, 1.807) is 18.2 Å². The van der Waals surface area contributed by atoms with E-state index < -0.39 is 41.7 Å². The summed E-state index contributed by atoms with van der Waals surface area (Å²) < 4.78 is 64.6. The molecular weight excluding hydrogens is 410 g/mol. The number of carbonyl (C=O) groups excluding carboxylic acids is 1. The zero-order chi connectivity index (χ0) is 20.7. The summed E-state index contributed by atoms with van der Waals surface area (Å²) in [4.78, 5) is 11.0. The summed E-state index contributed by atoms with van der Waals surface area (Å²) in [6, 6.07) is 11.7. The van der Waals surface area contributed by atoms with Crippen LogP contribution in [0.2, 0.25) is 0 Å². The van der Waals surface area contributed by atoms with E-state index in [1.165, 1.54) is 12.1 Å². The van der Waals surface area contributed by atoms with Gasteiger partial charge in [0.15, 0.2) is 0 Å². The van der Waals surface area contributed by atoms with Crippen molar-refractivity contribution in [2.75, 3.05) is 5.32 Å². The molecule has 3 rings (SSSR count). The van der Waals surface area contributed by atoms with Crippen LogP contribution in [0.4, 0.5) is 5.69 Å². The maximum absolute atomic E-state index is 12.4. The molecule has 0 aromatic heterocycles. The van der Waals surface area contributed by atoms with E-state index in [-0.39, 0.29) is 22.0 Å². The predicted octanol–water partition coefficient (Wildman–Crippen LogP) is 2.29. The van der Waals surface area contributed by atoms with Crippen LogP contribution in [-0.4, -0.2) is 37.0 Å². The molecule has 3 aromatic rings. The highest BCUT2D eigenvalue weighted by Crippen LogP contribution is 2.38. The Morgan fingerprint density at radius 1 is 0.857 bits per heavy atom. The SMILES string of the molecule is O=C(Nc1cc(S(=O)(=O)O)cc2ccc(S(=O)(=O)O)c(O)c12)c1ccccc1. The largest absolute Gasteiger partial charge is 0.506 e. The quantitative estimate of drug-likeness (QED) is 0.465. The number of hydrogen-bond acceptors (Lipinski definition) is 6. The Morgan fingerprint density at radius 3 is 2.07 bits per heavy atom. The summed E-state index contributed by atoms with van der Waals surface area (Å²) in [5.74, 6) is -1.56. The fourth-order valence-electron chi connectivity index (χ4n) is 2.64. The molecule has 0 fully saturated rings. The molecule has 0 aliphatic carbocycles. The van der Waals surface area contributed by atoms with Gasteiger partial charge in [0.25, 0.3) is 26.1 Å². The number of nitrogens with one attached hydrogen (secondary N) is 1. The summed E-state index contributed by atoms with van der Waals surface area (Å²) in [5, 5.41) is 12.5. The van der Waals surface area contributed by atoms with E-state index in [0.717, 1.165) is 24.3 Å². The van der Waals surface area contributed by atoms with Crippen LogP contribution in [0.1, 0.15) is 10.4 Å². The molecule has 0 unspecified atom stereocenters. The minimum Gasteiger partial charge on any atom is -0.506 e. The first-order chi connectivity index (χ1) is 13.0. The van der Waals surface area contributed by atoms with Gasteiger partial charge in [0, 0.05) is 10.9 Å². The lowest BCUT2D eigenvalue weighted by molar-refractivity contribution is 0.102. The summed E-state index contributed by atoms with van der Waals surface area (Å²) in [5.41, 5.74) is -0.0692. The molecule has 0 saturated carbocycles. The number of hydrogen-bond donors (Lipinski definition) is 4. The van der Waals surface area contributed by atoms with Gasteiger partial charge in [-0.2, -0.15) is 16.8 Å². The lowest BCUT2D eigenvalue weighted by Crippen LogP contribution is -2.13. The highest BCUT2D eigenvalue weighted by Gasteiger charge is 2.23. The minimum absolute atomic E-state index is 0.00314. The van der Waals surface area contributed by atoms with Gasteiger partial charge < -0.3 is 10.4 Å². The Morgan fingerprint density at radius 2 is 1.50 bits per heavy atom. The Hall–Kier alpha value is -2.99. The summed E-state index contributed by atoms with van der Waals surface area (Å²) in [7, 11) is -9.46. The minimum atomic E-state index is -4.79. The maximum Gasteiger partial charge on any atom is 0.298 e. The number of anilines is 1. The molecule has 0 bridgehead atoms. The van der Waals surface area contributed by atoms with E-state index in [9.17, 15) is 35.8 Å². The first-order valence-corrected chi connectivity index (χ1v) is 10.5. The average molecular weight is 423 g/mol. The van der Waals surface area contributed by atoms with Crippen molar-refractivity contribution in [2.45, 2.75) is 9.79 Å². The van der Waals surface area contributed by atoms with Crippen molar-refractivity contribution in [2.24, 2.45) is 0 Å². The van der Waals surface area contributed by atoms with Gasteiger partial charge in [-0.25, -0.2) is 0 Å². The molecule has 0 spiro atoms. The van der Waals surface area contributed by atoms with Crippen LogP contribution in [-0.2, 0) is 20.2 Å². The lowest BCUT2D eigenvalue weighted by atomic mass is 10.1. The van der Waals surface area contributed by atoms with Crippen LogP contribution in [0.5, 0.6) is 5.75 Å². The molecule has 0 aliphatic rings. The summed E-state index contributed by atoms with van der Waals surface area (Å²) in [6.45, 7) is 0. The molecule has 0 aliphatic heterocycles. The van der Waals surface area contributed by atoms with Gasteiger partial charge >= 0.3 is 0 Å². The number of carbonyl (C=O) groups is 1. The van der Waals surface area contributed by atoms with Crippen LogP contribution in [0.25, 0.3) is 10.8 Å². The molecule has 4 N–H and O–H groups in total. The standard InChI is InChI=1S/C17H13NO8S2/c19-16-14(28(24,25)26)7-6-11-8-12(27(21,22)23)9-13(15(11)16)18-17(20)10-4-2-1-3-5-10/h1-9,19H,(H,18,20)(H,21,22,23)(H,24,25,26). The van der Waals surface area contributed by atoms with Crippen LogP contribution in [0.3, 0.4) is 0 Å². The van der Waals surface area contributed by atoms with Crippen LogP contribution in [0, 0.1) is 0 Å². The highest BCUT2D eigenvalue weighted by molar-refractivity contribution is 7.86. The lowest BCUT2D eigenvalue weighted by Gasteiger charge is -2.13. The average Bonchev–Trinajstić information content (AvgIpc) is 2.60. The van der Waals surface area contributed by atoms with Crippen molar-refractivity contribution < 1.29 is 35.8 Å². The van der Waals surface area contributed by atoms with E-state index >= 15 is 0 Å². The molecular formula is C17H13NO8S2. The van der Waals surface area contributed by atoms with Gasteiger partial charge in [0.1, 0.15) is 10.6 Å². The van der Waals surface area contributed by atoms with E-state index in [4.69, 9.17) is 0 Å². The summed E-state index contributed by atoms with van der Waals surface area (Å²) >= 11 is 0. The monoisotopic (exact) mass is 423 g/mol. The molecule has 0 heterocycles. The van der Waals surface area contributed by atoms with Crippen molar-refractivity contribution in [1.29, 1.82) is 0 Å². The van der Waals surface area contributed by atoms with Crippen molar-refractivity contribution in [3.8, 4) is 5.75 Å².